The fourth-order valence-corrected chi connectivity index (χ4v) is 3.68. The average Bonchev–Trinajstić information content (AvgIpc) is 2.85. The zero-order chi connectivity index (χ0) is 25.5. The maximum Gasteiger partial charge on any atom is 0.175 e. The number of benzene rings is 1. The number of carboxylic acids is 1. The van der Waals surface area contributed by atoms with Gasteiger partial charge in [0.05, 0.1) is 10.9 Å². The van der Waals surface area contributed by atoms with Gasteiger partial charge >= 0.3 is 0 Å². The van der Waals surface area contributed by atoms with E-state index in [0.717, 1.165) is 6.42 Å². The quantitative estimate of drug-likeness (QED) is 0.137. The Kier molecular flexibility index (Phi) is 20.8. The number of carbonyl (C=O) groups is 1. The number of rotatable bonds is 20. The summed E-state index contributed by atoms with van der Waals surface area (Å²) in [6.07, 6.45) is 19.2. The number of carbonyl (C=O) groups excluding carboxylic acids is 1. The molecule has 0 atom stereocenters. The van der Waals surface area contributed by atoms with Crippen molar-refractivity contribution < 1.29 is 34.5 Å². The number of para-hydroxylation sites is 1. The van der Waals surface area contributed by atoms with E-state index < -0.39 is 5.97 Å². The molecule has 0 amide bonds. The summed E-state index contributed by atoms with van der Waals surface area (Å²) in [6.45, 7) is 5.60. The van der Waals surface area contributed by atoms with Crippen LogP contribution in [-0.4, -0.2) is 43.4 Å². The molecule has 0 bridgehead atoms. The first kappa shape index (κ1) is 32.3. The molecule has 1 N–H and O–H groups in total. The topological polar surface area (TPSA) is 88.1 Å². The van der Waals surface area contributed by atoms with E-state index >= 15 is 0 Å². The molecule has 7 nitrogen and oxygen atoms in total. The van der Waals surface area contributed by atoms with Crippen LogP contribution in [0.3, 0.4) is 0 Å². The van der Waals surface area contributed by atoms with Crippen molar-refractivity contribution in [2.75, 3.05) is 27.4 Å². The summed E-state index contributed by atoms with van der Waals surface area (Å²) >= 11 is 0. The fraction of sp³-hybridized carbons (Fsp3) is 0.741. The minimum atomic E-state index is -1.36. The van der Waals surface area contributed by atoms with Crippen LogP contribution in [0.25, 0.3) is 0 Å². The number of phenols is 1. The van der Waals surface area contributed by atoms with Gasteiger partial charge in [-0.15, -0.1) is 14.5 Å². The molecule has 1 aromatic rings. The minimum absolute atomic E-state index is 0.168. The van der Waals surface area contributed by atoms with Crippen molar-refractivity contribution in [1.29, 1.82) is 0 Å². The number of hydrogen-bond acceptors (Lipinski definition) is 6. The van der Waals surface area contributed by atoms with Crippen molar-refractivity contribution in [3.8, 4) is 5.75 Å². The summed E-state index contributed by atoms with van der Waals surface area (Å²) in [5.41, 5.74) is -0.178. The highest BCUT2D eigenvalue weighted by atomic mass is 17.2. The minimum Gasteiger partial charge on any atom is -0.545 e. The Balaban J connectivity index is 0.000000896. The molecule has 0 saturated carbocycles. The van der Waals surface area contributed by atoms with Gasteiger partial charge in [-0.1, -0.05) is 103 Å². The molecular formula is C27H49NO6. The first-order chi connectivity index (χ1) is 16.5. The summed E-state index contributed by atoms with van der Waals surface area (Å²) < 4.78 is 0. The predicted octanol–water partition coefficient (Wildman–Crippen LogP) is 6.11. The Morgan fingerprint density at radius 2 is 1.24 bits per heavy atom. The van der Waals surface area contributed by atoms with Crippen LogP contribution < -0.4 is 5.11 Å². The van der Waals surface area contributed by atoms with Gasteiger partial charge in [0.15, 0.2) is 6.54 Å². The van der Waals surface area contributed by atoms with Gasteiger partial charge in [-0.2, -0.15) is 0 Å². The molecule has 1 aromatic carbocycles. The lowest BCUT2D eigenvalue weighted by atomic mass is 10.0. The molecular weight excluding hydrogens is 434 g/mol. The zero-order valence-corrected chi connectivity index (χ0v) is 22.1. The molecule has 0 spiro atoms. The van der Waals surface area contributed by atoms with E-state index in [1.54, 1.807) is 20.3 Å². The molecule has 7 heteroatoms. The van der Waals surface area contributed by atoms with Crippen molar-refractivity contribution >= 4 is 5.97 Å². The second kappa shape index (κ2) is 21.8. The Hall–Kier alpha value is -1.67. The standard InChI is InChI=1S/C20H44NO3.C7H6O3/c1-5-7-8-9-10-11-12-13-14-15-16-17-18-19-20-24-21(6-2,22-3)23-4;8-6-4-2-1-3-5(6)7(9)10/h5-20H2,1-4H3;1-4,8H,(H,9,10)/q+1;/p-1. The van der Waals surface area contributed by atoms with Crippen molar-refractivity contribution in [1.82, 2.24) is 0 Å². The van der Waals surface area contributed by atoms with E-state index in [1.807, 2.05) is 6.92 Å². The lowest BCUT2D eigenvalue weighted by Gasteiger charge is -2.25. The molecule has 0 radical (unpaired) electrons. The maximum atomic E-state index is 10.2. The normalized spacial score (nSPS) is 11.2. The highest BCUT2D eigenvalue weighted by molar-refractivity contribution is 5.88. The van der Waals surface area contributed by atoms with Gasteiger partial charge in [-0.3, -0.25) is 0 Å². The third-order valence-corrected chi connectivity index (χ3v) is 5.85. The molecule has 0 fully saturated rings. The first-order valence-electron chi connectivity index (χ1n) is 13.1. The first-order valence-corrected chi connectivity index (χ1v) is 13.1. The number of quaternary nitrogens is 1. The van der Waals surface area contributed by atoms with Crippen molar-refractivity contribution in [2.24, 2.45) is 0 Å². The third-order valence-electron chi connectivity index (χ3n) is 5.85. The monoisotopic (exact) mass is 483 g/mol. The predicted molar refractivity (Wildman–Crippen MR) is 134 cm³/mol. The number of aromatic hydroxyl groups is 1. The van der Waals surface area contributed by atoms with E-state index in [9.17, 15) is 9.90 Å². The number of hydrogen-bond donors (Lipinski definition) is 1. The molecule has 34 heavy (non-hydrogen) atoms. The molecule has 0 aliphatic heterocycles. The van der Waals surface area contributed by atoms with E-state index in [1.165, 1.54) is 102 Å². The highest BCUT2D eigenvalue weighted by Crippen LogP contribution is 2.15. The Morgan fingerprint density at radius 1 is 0.794 bits per heavy atom. The zero-order valence-electron chi connectivity index (χ0n) is 22.1. The summed E-state index contributed by atoms with van der Waals surface area (Å²) in [4.78, 5) is 26.2. The lowest BCUT2D eigenvalue weighted by Crippen LogP contribution is -2.45. The number of nitrogens with zero attached hydrogens (tertiary/aromatic N) is 1. The van der Waals surface area contributed by atoms with Gasteiger partial charge in [-0.05, 0) is 25.5 Å². The molecule has 1 rings (SSSR count). The molecule has 0 aliphatic carbocycles. The fourth-order valence-electron chi connectivity index (χ4n) is 3.68. The SMILES string of the molecule is CCCCCCCCCCCCCCCCO[N+](CC)(OC)OC.O=C([O-])c1ccccc1O. The Bertz CT molecular complexity index is 598. The van der Waals surface area contributed by atoms with Gasteiger partial charge in [0.25, 0.3) is 0 Å². The molecule has 0 heterocycles. The van der Waals surface area contributed by atoms with Crippen LogP contribution >= 0.6 is 0 Å². The number of carboxylic acid groups (broad SMARTS) is 1. The second-order valence-corrected chi connectivity index (χ2v) is 8.53. The van der Waals surface area contributed by atoms with Gasteiger partial charge in [-0.25, -0.2) is 0 Å². The average molecular weight is 484 g/mol. The van der Waals surface area contributed by atoms with Crippen LogP contribution in [0.5, 0.6) is 5.75 Å². The van der Waals surface area contributed by atoms with Crippen LogP contribution in [0.1, 0.15) is 114 Å². The van der Waals surface area contributed by atoms with Crippen LogP contribution in [-0.2, 0) is 14.5 Å². The largest absolute Gasteiger partial charge is 0.545 e. The van der Waals surface area contributed by atoms with Crippen molar-refractivity contribution in [3.05, 3.63) is 29.8 Å². The van der Waals surface area contributed by atoms with Crippen LogP contribution in [0.15, 0.2) is 24.3 Å². The lowest BCUT2D eigenvalue weighted by molar-refractivity contribution is -1.36. The van der Waals surface area contributed by atoms with Gasteiger partial charge in [0.2, 0.25) is 0 Å². The number of unbranched alkanes of at least 4 members (excludes halogenated alkanes) is 13. The van der Waals surface area contributed by atoms with Crippen molar-refractivity contribution in [2.45, 2.75) is 104 Å². The third kappa shape index (κ3) is 16.0. The summed E-state index contributed by atoms with van der Waals surface area (Å²) in [6, 6.07) is 5.64. The molecule has 0 aliphatic rings. The van der Waals surface area contributed by atoms with Crippen LogP contribution in [0, 0.1) is 0 Å². The molecule has 0 unspecified atom stereocenters. The van der Waals surface area contributed by atoms with Gasteiger partial charge in [0, 0.05) is 5.56 Å². The number of aromatic carboxylic acids is 1. The highest BCUT2D eigenvalue weighted by Gasteiger charge is 2.28. The summed E-state index contributed by atoms with van der Waals surface area (Å²) in [7, 11) is 3.22. The summed E-state index contributed by atoms with van der Waals surface area (Å²) in [5, 5.41) is 19.0. The van der Waals surface area contributed by atoms with Crippen LogP contribution in [0.4, 0.5) is 0 Å². The molecule has 198 valence electrons. The van der Waals surface area contributed by atoms with E-state index in [2.05, 4.69) is 6.92 Å². The Labute approximate surface area is 207 Å². The van der Waals surface area contributed by atoms with Gasteiger partial charge in [0.1, 0.15) is 26.6 Å². The summed E-state index contributed by atoms with van der Waals surface area (Å²) in [5.74, 6) is -1.62. The van der Waals surface area contributed by atoms with Gasteiger partial charge < -0.3 is 15.0 Å². The smallest absolute Gasteiger partial charge is 0.175 e. The van der Waals surface area contributed by atoms with E-state index in [0.29, 0.717) is 13.2 Å². The molecule has 0 aromatic heterocycles. The van der Waals surface area contributed by atoms with E-state index in [4.69, 9.17) is 19.6 Å². The molecule has 0 saturated heterocycles. The van der Waals surface area contributed by atoms with Crippen LogP contribution in [0.2, 0.25) is 0 Å². The van der Waals surface area contributed by atoms with E-state index in [-0.39, 0.29) is 16.3 Å². The number of hydroxylamine groups is 3. The van der Waals surface area contributed by atoms with Crippen molar-refractivity contribution in [3.63, 3.8) is 0 Å². The maximum absolute atomic E-state index is 10.2. The second-order valence-electron chi connectivity index (χ2n) is 8.53. The Morgan fingerprint density at radius 3 is 1.59 bits per heavy atom.